The predicted octanol–water partition coefficient (Wildman–Crippen LogP) is 3.28. The van der Waals surface area contributed by atoms with E-state index in [0.717, 1.165) is 22.0 Å². The van der Waals surface area contributed by atoms with E-state index in [1.165, 1.54) is 18.3 Å². The molecule has 2 aromatic heterocycles. The van der Waals surface area contributed by atoms with Crippen molar-refractivity contribution in [3.05, 3.63) is 75.8 Å². The molecule has 0 amide bonds. The number of pyridine rings is 1. The van der Waals surface area contributed by atoms with Crippen LogP contribution in [0.3, 0.4) is 0 Å². The number of halogens is 1. The van der Waals surface area contributed by atoms with Crippen molar-refractivity contribution in [3.63, 3.8) is 0 Å². The van der Waals surface area contributed by atoms with Gasteiger partial charge in [-0.2, -0.15) is 0 Å². The molecule has 0 aliphatic carbocycles. The van der Waals surface area contributed by atoms with Crippen molar-refractivity contribution in [3.8, 4) is 0 Å². The highest BCUT2D eigenvalue weighted by Crippen LogP contribution is 2.15. The third kappa shape index (κ3) is 5.28. The van der Waals surface area contributed by atoms with E-state index in [1.807, 2.05) is 6.92 Å². The Morgan fingerprint density at radius 1 is 1.11 bits per heavy atom. The van der Waals surface area contributed by atoms with Crippen LogP contribution in [0.2, 0.25) is 0 Å². The molecule has 3 aromatic rings. The average molecular weight is 420 g/mol. The molecule has 0 spiro atoms. The summed E-state index contributed by atoms with van der Waals surface area (Å²) in [4.78, 5) is 21.6. The Labute approximate surface area is 166 Å². The van der Waals surface area contributed by atoms with Gasteiger partial charge in [0.2, 0.25) is 10.0 Å². The van der Waals surface area contributed by atoms with Crippen molar-refractivity contribution in [1.29, 1.82) is 0 Å². The van der Waals surface area contributed by atoms with Crippen molar-refractivity contribution < 1.29 is 17.6 Å². The minimum Gasteiger partial charge on any atom is -0.292 e. The zero-order chi connectivity index (χ0) is 20.1. The third-order valence-corrected chi connectivity index (χ3v) is 6.36. The number of Topliss-reactive ketones (excluding diaryl/α,β-unsaturated/α-hetero) is 1. The first kappa shape index (κ1) is 20.2. The highest BCUT2D eigenvalue weighted by molar-refractivity contribution is 7.89. The van der Waals surface area contributed by atoms with Gasteiger partial charge in [-0.25, -0.2) is 22.5 Å². The molecule has 0 aliphatic heterocycles. The summed E-state index contributed by atoms with van der Waals surface area (Å²) in [6.45, 7) is 1.93. The SMILES string of the molecule is Cc1ncc(CCC(=O)c2ccc(CNS(=O)(=O)c3ccc(F)cc3)cn2)s1. The molecule has 146 valence electrons. The van der Waals surface area contributed by atoms with Gasteiger partial charge in [0.05, 0.1) is 9.90 Å². The number of nitrogens with one attached hydrogen (secondary N) is 1. The lowest BCUT2D eigenvalue weighted by molar-refractivity contribution is 0.0978. The van der Waals surface area contributed by atoms with Crippen molar-refractivity contribution in [2.24, 2.45) is 0 Å². The molecule has 0 atom stereocenters. The number of aryl methyl sites for hydroxylation is 2. The van der Waals surface area contributed by atoms with Crippen LogP contribution in [0.1, 0.15) is 32.4 Å². The maximum atomic E-state index is 12.9. The van der Waals surface area contributed by atoms with E-state index >= 15 is 0 Å². The Kier molecular flexibility index (Phi) is 6.28. The largest absolute Gasteiger partial charge is 0.292 e. The standard InChI is InChI=1S/C19H18FN3O3S2/c1-13-21-12-16(27-13)5-9-19(24)18-8-2-14(10-22-18)11-23-28(25,26)17-6-3-15(20)4-7-17/h2-4,6-8,10,12,23H,5,9,11H2,1H3. The first-order valence-corrected chi connectivity index (χ1v) is 10.8. The van der Waals surface area contributed by atoms with Crippen molar-refractivity contribution in [2.75, 3.05) is 0 Å². The van der Waals surface area contributed by atoms with Crippen LogP contribution in [0, 0.1) is 12.7 Å². The molecule has 0 unspecified atom stereocenters. The fourth-order valence-corrected chi connectivity index (χ4v) is 4.27. The van der Waals surface area contributed by atoms with Crippen LogP contribution in [0.25, 0.3) is 0 Å². The first-order valence-electron chi connectivity index (χ1n) is 8.48. The molecule has 0 fully saturated rings. The van der Waals surface area contributed by atoms with E-state index in [9.17, 15) is 17.6 Å². The maximum absolute atomic E-state index is 12.9. The van der Waals surface area contributed by atoms with Crippen LogP contribution >= 0.6 is 11.3 Å². The smallest absolute Gasteiger partial charge is 0.240 e. The van der Waals surface area contributed by atoms with Gasteiger partial charge in [0.25, 0.3) is 0 Å². The summed E-state index contributed by atoms with van der Waals surface area (Å²) < 4.78 is 39.8. The van der Waals surface area contributed by atoms with Gasteiger partial charge in [-0.15, -0.1) is 11.3 Å². The molecule has 0 saturated heterocycles. The lowest BCUT2D eigenvalue weighted by Gasteiger charge is -2.07. The van der Waals surface area contributed by atoms with Crippen LogP contribution in [0.5, 0.6) is 0 Å². The minimum absolute atomic E-state index is 0.0152. The zero-order valence-corrected chi connectivity index (χ0v) is 16.7. The number of benzene rings is 1. The Bertz CT molecular complexity index is 1060. The van der Waals surface area contributed by atoms with Crippen molar-refractivity contribution >= 4 is 27.1 Å². The topological polar surface area (TPSA) is 89.0 Å². The molecule has 3 rings (SSSR count). The van der Waals surface area contributed by atoms with Gasteiger partial charge in [0.15, 0.2) is 5.78 Å². The monoisotopic (exact) mass is 419 g/mol. The van der Waals surface area contributed by atoms with Crippen molar-refractivity contribution in [1.82, 2.24) is 14.7 Å². The third-order valence-electron chi connectivity index (χ3n) is 3.97. The number of hydrogen-bond acceptors (Lipinski definition) is 6. The molecule has 28 heavy (non-hydrogen) atoms. The van der Waals surface area contributed by atoms with Crippen LogP contribution in [0.15, 0.2) is 53.7 Å². The Morgan fingerprint density at radius 2 is 1.86 bits per heavy atom. The summed E-state index contributed by atoms with van der Waals surface area (Å²) in [5, 5.41) is 0.966. The molecule has 2 heterocycles. The molecule has 0 radical (unpaired) electrons. The number of rotatable bonds is 8. The quantitative estimate of drug-likeness (QED) is 0.566. The second-order valence-corrected chi connectivity index (χ2v) is 9.19. The van der Waals surface area contributed by atoms with Gasteiger partial charge in [0, 0.05) is 30.2 Å². The predicted molar refractivity (Wildman–Crippen MR) is 104 cm³/mol. The van der Waals surface area contributed by atoms with E-state index in [2.05, 4.69) is 14.7 Å². The number of sulfonamides is 1. The molecule has 0 bridgehead atoms. The van der Waals surface area contributed by atoms with Crippen LogP contribution < -0.4 is 4.72 Å². The highest BCUT2D eigenvalue weighted by Gasteiger charge is 2.14. The fraction of sp³-hybridized carbons (Fsp3) is 0.211. The van der Waals surface area contributed by atoms with Gasteiger partial charge in [0.1, 0.15) is 11.5 Å². The Morgan fingerprint density at radius 3 is 2.46 bits per heavy atom. The first-order chi connectivity index (χ1) is 13.3. The number of ketones is 1. The number of aromatic nitrogens is 2. The summed E-state index contributed by atoms with van der Waals surface area (Å²) >= 11 is 1.57. The average Bonchev–Trinajstić information content (AvgIpc) is 3.10. The maximum Gasteiger partial charge on any atom is 0.240 e. The van der Waals surface area contributed by atoms with E-state index < -0.39 is 15.8 Å². The molecular weight excluding hydrogens is 401 g/mol. The second kappa shape index (κ2) is 8.68. The lowest BCUT2D eigenvalue weighted by atomic mass is 10.1. The summed E-state index contributed by atoms with van der Waals surface area (Å²) in [6, 6.07) is 7.81. The summed E-state index contributed by atoms with van der Waals surface area (Å²) in [6.07, 6.45) is 4.20. The molecular formula is C19H18FN3O3S2. The van der Waals surface area contributed by atoms with Crippen molar-refractivity contribution in [2.45, 2.75) is 31.2 Å². The van der Waals surface area contributed by atoms with Crippen LogP contribution in [-0.2, 0) is 23.0 Å². The highest BCUT2D eigenvalue weighted by atomic mass is 32.2. The Balaban J connectivity index is 1.56. The molecule has 9 heteroatoms. The summed E-state index contributed by atoms with van der Waals surface area (Å²) in [5.41, 5.74) is 0.951. The zero-order valence-electron chi connectivity index (χ0n) is 15.1. The molecule has 0 saturated carbocycles. The van der Waals surface area contributed by atoms with Gasteiger partial charge in [-0.3, -0.25) is 9.78 Å². The number of nitrogens with zero attached hydrogens (tertiary/aromatic N) is 2. The summed E-state index contributed by atoms with van der Waals surface area (Å²) in [5.74, 6) is -0.585. The summed E-state index contributed by atoms with van der Waals surface area (Å²) in [7, 11) is -3.76. The number of carbonyl (C=O) groups excluding carboxylic acids is 1. The number of carbonyl (C=O) groups is 1. The van der Waals surface area contributed by atoms with E-state index in [-0.39, 0.29) is 17.2 Å². The van der Waals surface area contributed by atoms with E-state index in [1.54, 1.807) is 29.7 Å². The minimum atomic E-state index is -3.76. The molecule has 1 aromatic carbocycles. The van der Waals surface area contributed by atoms with Crippen LogP contribution in [-0.4, -0.2) is 24.2 Å². The lowest BCUT2D eigenvalue weighted by Crippen LogP contribution is -2.23. The van der Waals surface area contributed by atoms with Gasteiger partial charge in [-0.1, -0.05) is 6.07 Å². The number of hydrogen-bond donors (Lipinski definition) is 1. The normalized spacial score (nSPS) is 11.5. The van der Waals surface area contributed by atoms with Gasteiger partial charge >= 0.3 is 0 Å². The Hall–Kier alpha value is -2.49. The number of thiazole rings is 1. The fourth-order valence-electron chi connectivity index (χ4n) is 2.46. The van der Waals surface area contributed by atoms with E-state index in [0.29, 0.717) is 24.1 Å². The van der Waals surface area contributed by atoms with E-state index in [4.69, 9.17) is 0 Å². The molecule has 6 nitrogen and oxygen atoms in total. The van der Waals surface area contributed by atoms with Gasteiger partial charge in [-0.05, 0) is 49.2 Å². The van der Waals surface area contributed by atoms with Gasteiger partial charge < -0.3 is 0 Å². The second-order valence-electron chi connectivity index (χ2n) is 6.10. The molecule has 1 N–H and O–H groups in total. The molecule has 0 aliphatic rings. The van der Waals surface area contributed by atoms with Crippen LogP contribution in [0.4, 0.5) is 4.39 Å².